The van der Waals surface area contributed by atoms with Crippen molar-refractivity contribution in [1.29, 1.82) is 0 Å². The van der Waals surface area contributed by atoms with E-state index >= 15 is 0 Å². The molecule has 1 aromatic carbocycles. The van der Waals surface area contributed by atoms with Gasteiger partial charge in [-0.25, -0.2) is 5.01 Å². The van der Waals surface area contributed by atoms with Crippen LogP contribution in [0.15, 0.2) is 29.6 Å². The van der Waals surface area contributed by atoms with Gasteiger partial charge >= 0.3 is 0 Å². The molecule has 0 saturated heterocycles. The van der Waals surface area contributed by atoms with E-state index < -0.39 is 0 Å². The SMILES string of the molecule is CCCCOCN(N=O)c1ccccc1C. The van der Waals surface area contributed by atoms with E-state index in [1.807, 2.05) is 31.2 Å². The summed E-state index contributed by atoms with van der Waals surface area (Å²) in [6.07, 6.45) is 2.08. The predicted octanol–water partition coefficient (Wildman–Crippen LogP) is 3.26. The molecule has 0 N–H and O–H groups in total. The number of para-hydroxylation sites is 1. The second-order valence-corrected chi connectivity index (χ2v) is 3.66. The van der Waals surface area contributed by atoms with Gasteiger partial charge in [0, 0.05) is 6.61 Å². The van der Waals surface area contributed by atoms with E-state index in [4.69, 9.17) is 4.74 Å². The molecule has 0 unspecified atom stereocenters. The van der Waals surface area contributed by atoms with E-state index in [1.54, 1.807) is 0 Å². The van der Waals surface area contributed by atoms with E-state index in [0.29, 0.717) is 6.61 Å². The number of rotatable bonds is 7. The van der Waals surface area contributed by atoms with Crippen molar-refractivity contribution in [2.75, 3.05) is 18.3 Å². The minimum atomic E-state index is 0.217. The van der Waals surface area contributed by atoms with Crippen molar-refractivity contribution in [2.45, 2.75) is 26.7 Å². The summed E-state index contributed by atoms with van der Waals surface area (Å²) in [6.45, 7) is 4.92. The molecular weight excluding hydrogens is 204 g/mol. The minimum Gasteiger partial charge on any atom is -0.359 e. The van der Waals surface area contributed by atoms with Crippen LogP contribution in [0.5, 0.6) is 0 Å². The largest absolute Gasteiger partial charge is 0.359 e. The van der Waals surface area contributed by atoms with Gasteiger partial charge in [0.1, 0.15) is 6.73 Å². The summed E-state index contributed by atoms with van der Waals surface area (Å²) in [4.78, 5) is 10.7. The number of nitrogens with zero attached hydrogens (tertiary/aromatic N) is 2. The molecule has 0 fully saturated rings. The van der Waals surface area contributed by atoms with Crippen LogP contribution in [-0.2, 0) is 4.74 Å². The molecule has 0 bridgehead atoms. The lowest BCUT2D eigenvalue weighted by Gasteiger charge is -2.17. The van der Waals surface area contributed by atoms with Gasteiger partial charge in [-0.3, -0.25) is 0 Å². The van der Waals surface area contributed by atoms with Crippen LogP contribution in [0.1, 0.15) is 25.3 Å². The van der Waals surface area contributed by atoms with Crippen molar-refractivity contribution < 1.29 is 4.74 Å². The zero-order chi connectivity index (χ0) is 11.8. The Morgan fingerprint density at radius 2 is 2.12 bits per heavy atom. The van der Waals surface area contributed by atoms with Gasteiger partial charge in [-0.05, 0) is 25.0 Å². The summed E-state index contributed by atoms with van der Waals surface area (Å²) < 4.78 is 5.37. The Morgan fingerprint density at radius 1 is 1.38 bits per heavy atom. The van der Waals surface area contributed by atoms with E-state index in [2.05, 4.69) is 12.2 Å². The first-order valence-electron chi connectivity index (χ1n) is 5.53. The van der Waals surface area contributed by atoms with Gasteiger partial charge < -0.3 is 4.74 Å². The van der Waals surface area contributed by atoms with Crippen molar-refractivity contribution in [3.05, 3.63) is 34.7 Å². The fourth-order valence-electron chi connectivity index (χ4n) is 1.39. The Hall–Kier alpha value is -1.42. The number of unbranched alkanes of at least 4 members (excludes halogenated alkanes) is 1. The van der Waals surface area contributed by atoms with Crippen LogP contribution in [0.25, 0.3) is 0 Å². The highest BCUT2D eigenvalue weighted by molar-refractivity contribution is 5.51. The summed E-state index contributed by atoms with van der Waals surface area (Å²) in [7, 11) is 0. The number of ether oxygens (including phenoxy) is 1. The fourth-order valence-corrected chi connectivity index (χ4v) is 1.39. The normalized spacial score (nSPS) is 10.1. The molecule has 4 nitrogen and oxygen atoms in total. The molecule has 0 heterocycles. The Bertz CT molecular complexity index is 329. The van der Waals surface area contributed by atoms with Gasteiger partial charge in [-0.1, -0.05) is 31.5 Å². The van der Waals surface area contributed by atoms with Crippen LogP contribution >= 0.6 is 0 Å². The highest BCUT2D eigenvalue weighted by atomic mass is 16.5. The number of hydrogen-bond donors (Lipinski definition) is 0. The number of nitroso groups, excluding NO2 is 1. The molecule has 16 heavy (non-hydrogen) atoms. The van der Waals surface area contributed by atoms with Crippen molar-refractivity contribution in [1.82, 2.24) is 0 Å². The molecule has 0 aliphatic heterocycles. The summed E-state index contributed by atoms with van der Waals surface area (Å²) in [5, 5.41) is 4.31. The minimum absolute atomic E-state index is 0.217. The molecule has 0 saturated carbocycles. The fraction of sp³-hybridized carbons (Fsp3) is 0.500. The third-order valence-corrected chi connectivity index (χ3v) is 2.35. The van der Waals surface area contributed by atoms with E-state index in [-0.39, 0.29) is 6.73 Å². The van der Waals surface area contributed by atoms with Gasteiger partial charge in [-0.15, -0.1) is 4.91 Å². The van der Waals surface area contributed by atoms with Crippen LogP contribution in [0.3, 0.4) is 0 Å². The summed E-state index contributed by atoms with van der Waals surface area (Å²) in [6, 6.07) is 7.62. The third kappa shape index (κ3) is 3.62. The molecule has 1 rings (SSSR count). The summed E-state index contributed by atoms with van der Waals surface area (Å²) in [5.74, 6) is 0. The van der Waals surface area contributed by atoms with Gasteiger partial charge in [0.05, 0.1) is 11.0 Å². The molecule has 4 heteroatoms. The Balaban J connectivity index is 2.54. The van der Waals surface area contributed by atoms with Crippen molar-refractivity contribution in [2.24, 2.45) is 5.29 Å². The maximum absolute atomic E-state index is 10.7. The monoisotopic (exact) mass is 222 g/mol. The molecule has 88 valence electrons. The summed E-state index contributed by atoms with van der Waals surface area (Å²) in [5.41, 5.74) is 1.81. The highest BCUT2D eigenvalue weighted by Crippen LogP contribution is 2.19. The van der Waals surface area contributed by atoms with Crippen LogP contribution in [0, 0.1) is 11.8 Å². The van der Waals surface area contributed by atoms with Crippen LogP contribution in [0.2, 0.25) is 0 Å². The first-order valence-corrected chi connectivity index (χ1v) is 5.53. The zero-order valence-electron chi connectivity index (χ0n) is 9.85. The van der Waals surface area contributed by atoms with Gasteiger partial charge in [0.15, 0.2) is 0 Å². The smallest absolute Gasteiger partial charge is 0.143 e. The Kier molecular flexibility index (Phi) is 5.50. The maximum Gasteiger partial charge on any atom is 0.143 e. The molecule has 0 atom stereocenters. The van der Waals surface area contributed by atoms with E-state index in [9.17, 15) is 4.91 Å². The lowest BCUT2D eigenvalue weighted by molar-refractivity contribution is 0.131. The van der Waals surface area contributed by atoms with Gasteiger partial charge in [0.2, 0.25) is 0 Å². The zero-order valence-corrected chi connectivity index (χ0v) is 9.85. The van der Waals surface area contributed by atoms with Crippen molar-refractivity contribution >= 4 is 5.69 Å². The number of anilines is 1. The van der Waals surface area contributed by atoms with Crippen molar-refractivity contribution in [3.63, 3.8) is 0 Å². The molecule has 0 amide bonds. The quantitative estimate of drug-likeness (QED) is 0.308. The van der Waals surface area contributed by atoms with Gasteiger partial charge in [0.25, 0.3) is 0 Å². The average Bonchev–Trinajstić information content (AvgIpc) is 2.31. The third-order valence-electron chi connectivity index (χ3n) is 2.35. The van der Waals surface area contributed by atoms with Crippen LogP contribution < -0.4 is 5.01 Å². The molecule has 1 aromatic rings. The van der Waals surface area contributed by atoms with Crippen LogP contribution in [-0.4, -0.2) is 13.3 Å². The number of benzene rings is 1. The Morgan fingerprint density at radius 3 is 2.75 bits per heavy atom. The average molecular weight is 222 g/mol. The van der Waals surface area contributed by atoms with E-state index in [1.165, 1.54) is 5.01 Å². The van der Waals surface area contributed by atoms with Crippen molar-refractivity contribution in [3.8, 4) is 0 Å². The molecule has 0 aromatic heterocycles. The lowest BCUT2D eigenvalue weighted by atomic mass is 10.2. The molecule has 0 radical (unpaired) electrons. The highest BCUT2D eigenvalue weighted by Gasteiger charge is 2.08. The lowest BCUT2D eigenvalue weighted by Crippen LogP contribution is -2.20. The predicted molar refractivity (Wildman–Crippen MR) is 65.2 cm³/mol. The second kappa shape index (κ2) is 6.95. The topological polar surface area (TPSA) is 41.9 Å². The maximum atomic E-state index is 10.7. The van der Waals surface area contributed by atoms with Gasteiger partial charge in [-0.2, -0.15) is 0 Å². The number of hydrogen-bond acceptors (Lipinski definition) is 3. The summed E-state index contributed by atoms with van der Waals surface area (Å²) >= 11 is 0. The molecule has 0 spiro atoms. The first-order chi connectivity index (χ1) is 7.79. The number of aryl methyl sites for hydroxylation is 1. The van der Waals surface area contributed by atoms with E-state index in [0.717, 1.165) is 24.1 Å². The standard InChI is InChI=1S/C12H18N2O2/c1-3-4-9-16-10-14(13-15)12-8-6-5-7-11(12)2/h5-8H,3-4,9-10H2,1-2H3. The Labute approximate surface area is 96.2 Å². The molecular formula is C12H18N2O2. The molecule has 0 aliphatic rings. The second-order valence-electron chi connectivity index (χ2n) is 3.66. The van der Waals surface area contributed by atoms with Crippen LogP contribution in [0.4, 0.5) is 5.69 Å². The first kappa shape index (κ1) is 12.6. The molecule has 0 aliphatic carbocycles.